The smallest absolute Gasteiger partial charge is 0.264 e. The lowest BCUT2D eigenvalue weighted by Crippen LogP contribution is -2.54. The number of anilines is 1. The number of carbonyl (C=O) groups excluding carboxylic acids is 4. The van der Waals surface area contributed by atoms with Gasteiger partial charge in [0.25, 0.3) is 11.8 Å². The third-order valence-electron chi connectivity index (χ3n) is 5.53. The van der Waals surface area contributed by atoms with E-state index in [1.165, 1.54) is 5.57 Å². The lowest BCUT2D eigenvalue weighted by atomic mass is 10.0. The maximum absolute atomic E-state index is 13.1. The maximum Gasteiger partial charge on any atom is 0.264 e. The highest BCUT2D eigenvalue weighted by Crippen LogP contribution is 2.32. The van der Waals surface area contributed by atoms with E-state index in [4.69, 9.17) is 4.42 Å². The summed E-state index contributed by atoms with van der Waals surface area (Å²) in [5.41, 5.74) is 2.35. The molecule has 1 saturated heterocycles. The normalized spacial score (nSPS) is 20.2. The molecule has 3 heterocycles. The number of nitrogens with zero attached hydrogens (tertiary/aromatic N) is 1. The zero-order valence-corrected chi connectivity index (χ0v) is 16.1. The van der Waals surface area contributed by atoms with Crippen molar-refractivity contribution in [3.63, 3.8) is 0 Å². The fraction of sp³-hybridized carbons (Fsp3) is 0.273. The van der Waals surface area contributed by atoms with Gasteiger partial charge in [-0.2, -0.15) is 0 Å². The molecule has 0 radical (unpaired) electrons. The van der Waals surface area contributed by atoms with Crippen LogP contribution in [-0.4, -0.2) is 34.6 Å². The topological polar surface area (TPSA) is 109 Å². The quantitative estimate of drug-likeness (QED) is 0.563. The van der Waals surface area contributed by atoms with Gasteiger partial charge in [0.05, 0.1) is 17.7 Å². The van der Waals surface area contributed by atoms with Crippen molar-refractivity contribution in [1.82, 2.24) is 10.2 Å². The second-order valence-corrected chi connectivity index (χ2v) is 7.64. The minimum Gasteiger partial charge on any atom is -0.464 e. The zero-order chi connectivity index (χ0) is 20.8. The van der Waals surface area contributed by atoms with E-state index in [0.29, 0.717) is 12.2 Å². The summed E-state index contributed by atoms with van der Waals surface area (Å²) in [7, 11) is 0. The number of carbonyl (C=O) groups is 4. The molecule has 5 rings (SSSR count). The first-order chi connectivity index (χ1) is 14.5. The van der Waals surface area contributed by atoms with Gasteiger partial charge in [0, 0.05) is 18.5 Å². The van der Waals surface area contributed by atoms with Gasteiger partial charge in [-0.1, -0.05) is 17.7 Å². The molecule has 2 aliphatic heterocycles. The number of piperidine rings is 1. The Hall–Kier alpha value is -3.68. The second kappa shape index (κ2) is 6.98. The van der Waals surface area contributed by atoms with Crippen LogP contribution in [0.3, 0.4) is 0 Å². The van der Waals surface area contributed by atoms with Crippen LogP contribution in [0.4, 0.5) is 5.69 Å². The number of allylic oxidation sites excluding steroid dienone is 2. The second-order valence-electron chi connectivity index (χ2n) is 7.64. The van der Waals surface area contributed by atoms with Crippen molar-refractivity contribution in [3.8, 4) is 0 Å². The monoisotopic (exact) mass is 405 g/mol. The molecule has 0 bridgehead atoms. The summed E-state index contributed by atoms with van der Waals surface area (Å²) >= 11 is 0. The Morgan fingerprint density at radius 3 is 2.63 bits per heavy atom. The number of hydrogen-bond donors (Lipinski definition) is 2. The summed E-state index contributed by atoms with van der Waals surface area (Å²) in [5, 5.41) is 5.37. The molecule has 1 fully saturated rings. The highest BCUT2D eigenvalue weighted by molar-refractivity contribution is 6.25. The van der Waals surface area contributed by atoms with Crippen LogP contribution in [0.1, 0.15) is 51.5 Å². The summed E-state index contributed by atoms with van der Waals surface area (Å²) in [6.07, 6.45) is 4.24. The molecular formula is C22H19N3O5. The van der Waals surface area contributed by atoms with Gasteiger partial charge in [-0.25, -0.2) is 0 Å². The van der Waals surface area contributed by atoms with Crippen LogP contribution in [0, 0.1) is 0 Å². The van der Waals surface area contributed by atoms with Crippen LogP contribution < -0.4 is 10.6 Å². The van der Waals surface area contributed by atoms with Crippen LogP contribution in [0.15, 0.2) is 46.4 Å². The molecule has 8 nitrogen and oxygen atoms in total. The molecule has 0 spiro atoms. The van der Waals surface area contributed by atoms with E-state index < -0.39 is 29.7 Å². The molecule has 2 aromatic rings. The predicted octanol–water partition coefficient (Wildman–Crippen LogP) is 2.17. The number of fused-ring (bicyclic) bond motifs is 1. The van der Waals surface area contributed by atoms with Gasteiger partial charge < -0.3 is 9.73 Å². The predicted molar refractivity (Wildman–Crippen MR) is 106 cm³/mol. The number of benzene rings is 1. The van der Waals surface area contributed by atoms with Gasteiger partial charge in [0.1, 0.15) is 17.6 Å². The Labute approximate surface area is 171 Å². The average molecular weight is 405 g/mol. The summed E-state index contributed by atoms with van der Waals surface area (Å²) in [6, 6.07) is 7.82. The van der Waals surface area contributed by atoms with Gasteiger partial charge in [-0.05, 0) is 37.1 Å². The maximum atomic E-state index is 13.1. The molecule has 1 aromatic heterocycles. The Morgan fingerprint density at radius 1 is 1.07 bits per heavy atom. The van der Waals surface area contributed by atoms with Gasteiger partial charge in [0.15, 0.2) is 0 Å². The molecule has 30 heavy (non-hydrogen) atoms. The Kier molecular flexibility index (Phi) is 4.27. The highest BCUT2D eigenvalue weighted by atomic mass is 16.3. The van der Waals surface area contributed by atoms with E-state index in [-0.39, 0.29) is 24.0 Å². The number of rotatable bonds is 6. The molecule has 8 heteroatoms. The molecule has 2 N–H and O–H groups in total. The molecule has 1 unspecified atom stereocenters. The summed E-state index contributed by atoms with van der Waals surface area (Å²) in [6.45, 7) is 0.357. The van der Waals surface area contributed by atoms with Crippen molar-refractivity contribution in [3.05, 3.63) is 64.6 Å². The van der Waals surface area contributed by atoms with Crippen LogP contribution in [0.25, 0.3) is 0 Å². The number of imide groups is 2. The van der Waals surface area contributed by atoms with Gasteiger partial charge in [0.2, 0.25) is 11.8 Å². The number of hydrogen-bond acceptors (Lipinski definition) is 6. The van der Waals surface area contributed by atoms with Gasteiger partial charge in [-0.15, -0.1) is 0 Å². The van der Waals surface area contributed by atoms with Crippen molar-refractivity contribution in [2.45, 2.75) is 38.3 Å². The van der Waals surface area contributed by atoms with Gasteiger partial charge >= 0.3 is 0 Å². The standard InChI is InChI=1S/C22H19N3O5/c26-18-9-8-17(20(27)24-18)25-21(28)15-2-1-3-16(19(15)22(25)29)23-11-14-7-6-13(30-14)10-12-4-5-12/h1-4,6-7,17,23H,5,8-11H2,(H,24,26,27). The lowest BCUT2D eigenvalue weighted by Gasteiger charge is -2.27. The van der Waals surface area contributed by atoms with Crippen molar-refractivity contribution in [2.24, 2.45) is 0 Å². The molecule has 3 aliphatic rings. The van der Waals surface area contributed by atoms with Crippen molar-refractivity contribution < 1.29 is 23.6 Å². The van der Waals surface area contributed by atoms with E-state index in [0.717, 1.165) is 29.3 Å². The van der Waals surface area contributed by atoms with Crippen LogP contribution in [0.5, 0.6) is 0 Å². The fourth-order valence-electron chi connectivity index (χ4n) is 3.90. The van der Waals surface area contributed by atoms with Crippen LogP contribution >= 0.6 is 0 Å². The Bertz CT molecular complexity index is 1130. The summed E-state index contributed by atoms with van der Waals surface area (Å²) in [5.74, 6) is -0.457. The van der Waals surface area contributed by atoms with Gasteiger partial charge in [-0.3, -0.25) is 29.4 Å². The van der Waals surface area contributed by atoms with Crippen molar-refractivity contribution in [1.29, 1.82) is 0 Å². The third-order valence-corrected chi connectivity index (χ3v) is 5.53. The minimum absolute atomic E-state index is 0.0899. The zero-order valence-electron chi connectivity index (χ0n) is 16.1. The fourth-order valence-corrected chi connectivity index (χ4v) is 3.90. The summed E-state index contributed by atoms with van der Waals surface area (Å²) in [4.78, 5) is 50.5. The molecule has 152 valence electrons. The lowest BCUT2D eigenvalue weighted by molar-refractivity contribution is -0.136. The molecule has 1 aliphatic carbocycles. The van der Waals surface area contributed by atoms with Crippen molar-refractivity contribution >= 4 is 29.3 Å². The van der Waals surface area contributed by atoms with E-state index in [2.05, 4.69) is 16.7 Å². The van der Waals surface area contributed by atoms with E-state index in [1.54, 1.807) is 18.2 Å². The molecule has 0 saturated carbocycles. The number of furan rings is 1. The van der Waals surface area contributed by atoms with Crippen LogP contribution in [-0.2, 0) is 22.6 Å². The highest BCUT2D eigenvalue weighted by Gasteiger charge is 2.45. The van der Waals surface area contributed by atoms with Crippen LogP contribution in [0.2, 0.25) is 0 Å². The number of amides is 4. The van der Waals surface area contributed by atoms with Crippen molar-refractivity contribution in [2.75, 3.05) is 5.32 Å². The SMILES string of the molecule is O=C1CCC(N2C(=O)c3cccc(NCc4ccc(CC5=CC5)o4)c3C2=O)C(=O)N1. The first-order valence-corrected chi connectivity index (χ1v) is 9.85. The first-order valence-electron chi connectivity index (χ1n) is 9.85. The first kappa shape index (κ1) is 18.4. The Morgan fingerprint density at radius 2 is 1.87 bits per heavy atom. The molecule has 4 amide bonds. The minimum atomic E-state index is -0.979. The Balaban J connectivity index is 1.35. The summed E-state index contributed by atoms with van der Waals surface area (Å²) < 4.78 is 5.81. The van der Waals surface area contributed by atoms with E-state index in [1.807, 2.05) is 12.1 Å². The molecule has 1 aromatic carbocycles. The molecular weight excluding hydrogens is 386 g/mol. The van der Waals surface area contributed by atoms with E-state index in [9.17, 15) is 19.2 Å². The largest absolute Gasteiger partial charge is 0.464 e. The van der Waals surface area contributed by atoms with E-state index >= 15 is 0 Å². The molecule has 1 atom stereocenters. The average Bonchev–Trinajstić information content (AvgIpc) is 3.36. The number of nitrogens with one attached hydrogen (secondary N) is 2. The third kappa shape index (κ3) is 3.20.